The quantitative estimate of drug-likeness (QED) is 0.748. The van der Waals surface area contributed by atoms with E-state index < -0.39 is 23.1 Å². The van der Waals surface area contributed by atoms with Gasteiger partial charge in [0.15, 0.2) is 0 Å². The molecule has 26 heavy (non-hydrogen) atoms. The van der Waals surface area contributed by atoms with E-state index in [4.69, 9.17) is 0 Å². The van der Waals surface area contributed by atoms with Gasteiger partial charge in [0.2, 0.25) is 5.43 Å². The van der Waals surface area contributed by atoms with Crippen LogP contribution in [0.2, 0.25) is 0 Å². The Labute approximate surface area is 146 Å². The molecule has 0 bridgehead atoms. The predicted molar refractivity (Wildman–Crippen MR) is 92.0 cm³/mol. The summed E-state index contributed by atoms with van der Waals surface area (Å²) in [6.07, 6.45) is -2.99. The topological polar surface area (TPSA) is 62.0 Å². The van der Waals surface area contributed by atoms with Crippen LogP contribution in [0.1, 0.15) is 21.5 Å². The number of hydrogen-bond donors (Lipinski definition) is 2. The molecule has 0 aliphatic carbocycles. The first kappa shape index (κ1) is 17.7. The van der Waals surface area contributed by atoms with Crippen LogP contribution >= 0.6 is 0 Å². The number of benzene rings is 2. The van der Waals surface area contributed by atoms with Crippen molar-refractivity contribution in [3.05, 3.63) is 81.6 Å². The molecule has 3 rings (SSSR count). The molecule has 0 radical (unpaired) electrons. The molecule has 4 nitrogen and oxygen atoms in total. The van der Waals surface area contributed by atoms with Crippen molar-refractivity contribution in [2.75, 3.05) is 6.54 Å². The van der Waals surface area contributed by atoms with E-state index in [0.29, 0.717) is 13.0 Å². The maximum Gasteiger partial charge on any atom is 0.418 e. The van der Waals surface area contributed by atoms with Gasteiger partial charge in [-0.15, -0.1) is 0 Å². The third kappa shape index (κ3) is 3.61. The number of aromatic amines is 1. The van der Waals surface area contributed by atoms with Crippen LogP contribution in [0.15, 0.2) is 59.5 Å². The number of amides is 1. The van der Waals surface area contributed by atoms with E-state index in [9.17, 15) is 22.8 Å². The molecule has 0 atom stereocenters. The fourth-order valence-electron chi connectivity index (χ4n) is 2.72. The predicted octanol–water partition coefficient (Wildman–Crippen LogP) is 3.52. The van der Waals surface area contributed by atoms with Crippen LogP contribution in [0.4, 0.5) is 13.2 Å². The van der Waals surface area contributed by atoms with Crippen LogP contribution < -0.4 is 10.7 Å². The summed E-state index contributed by atoms with van der Waals surface area (Å²) in [5.41, 5.74) is -1.20. The van der Waals surface area contributed by atoms with Gasteiger partial charge in [0.05, 0.1) is 11.1 Å². The molecular formula is C19H15F3N2O2. The van der Waals surface area contributed by atoms with Crippen molar-refractivity contribution in [3.8, 4) is 0 Å². The van der Waals surface area contributed by atoms with Gasteiger partial charge in [-0.1, -0.05) is 36.4 Å². The summed E-state index contributed by atoms with van der Waals surface area (Å²) in [4.78, 5) is 27.1. The molecule has 0 unspecified atom stereocenters. The molecule has 2 N–H and O–H groups in total. The molecule has 134 valence electrons. The van der Waals surface area contributed by atoms with E-state index in [1.807, 2.05) is 30.3 Å². The Bertz CT molecular complexity index is 995. The lowest BCUT2D eigenvalue weighted by Crippen LogP contribution is -2.30. The lowest BCUT2D eigenvalue weighted by Gasteiger charge is -2.11. The first-order chi connectivity index (χ1) is 12.4. The Morgan fingerprint density at radius 3 is 2.46 bits per heavy atom. The van der Waals surface area contributed by atoms with Crippen molar-refractivity contribution in [3.63, 3.8) is 0 Å². The van der Waals surface area contributed by atoms with Gasteiger partial charge in [0.25, 0.3) is 5.91 Å². The van der Waals surface area contributed by atoms with Crippen molar-refractivity contribution in [2.45, 2.75) is 12.6 Å². The average molecular weight is 360 g/mol. The number of halogens is 3. The highest BCUT2D eigenvalue weighted by atomic mass is 19.4. The molecule has 7 heteroatoms. The first-order valence-corrected chi connectivity index (χ1v) is 7.91. The van der Waals surface area contributed by atoms with Gasteiger partial charge >= 0.3 is 6.18 Å². The first-order valence-electron chi connectivity index (χ1n) is 7.91. The highest BCUT2D eigenvalue weighted by Crippen LogP contribution is 2.32. The zero-order chi connectivity index (χ0) is 18.7. The van der Waals surface area contributed by atoms with Crippen molar-refractivity contribution < 1.29 is 18.0 Å². The fourth-order valence-corrected chi connectivity index (χ4v) is 2.72. The lowest BCUT2D eigenvalue weighted by molar-refractivity contribution is -0.136. The summed E-state index contributed by atoms with van der Waals surface area (Å²) in [7, 11) is 0. The zero-order valence-corrected chi connectivity index (χ0v) is 13.6. The third-order valence-corrected chi connectivity index (χ3v) is 4.01. The fraction of sp³-hybridized carbons (Fsp3) is 0.158. The van der Waals surface area contributed by atoms with Crippen molar-refractivity contribution in [1.82, 2.24) is 10.3 Å². The summed E-state index contributed by atoms with van der Waals surface area (Å²) in [6.45, 7) is 0.308. The van der Waals surface area contributed by atoms with Gasteiger partial charge in [-0.3, -0.25) is 9.59 Å². The maximum atomic E-state index is 13.0. The third-order valence-electron chi connectivity index (χ3n) is 4.01. The number of carbonyl (C=O) groups excluding carboxylic acids is 1. The van der Waals surface area contributed by atoms with Crippen LogP contribution in [-0.2, 0) is 12.6 Å². The van der Waals surface area contributed by atoms with Crippen LogP contribution in [0, 0.1) is 0 Å². The smallest absolute Gasteiger partial charge is 0.360 e. The number of para-hydroxylation sites is 1. The van der Waals surface area contributed by atoms with Gasteiger partial charge in [-0.25, -0.2) is 0 Å². The highest BCUT2D eigenvalue weighted by molar-refractivity contribution is 5.97. The Balaban J connectivity index is 1.83. The van der Waals surface area contributed by atoms with Crippen molar-refractivity contribution >= 4 is 16.8 Å². The Kier molecular flexibility index (Phi) is 4.79. The lowest BCUT2D eigenvalue weighted by atomic mass is 10.1. The van der Waals surface area contributed by atoms with Gasteiger partial charge in [-0.2, -0.15) is 13.2 Å². The molecule has 1 amide bonds. The Morgan fingerprint density at radius 2 is 1.77 bits per heavy atom. The van der Waals surface area contributed by atoms with Gasteiger partial charge in [0.1, 0.15) is 5.56 Å². The molecule has 1 aromatic heterocycles. The summed E-state index contributed by atoms with van der Waals surface area (Å²) >= 11 is 0. The molecule has 0 fully saturated rings. The minimum absolute atomic E-state index is 0.171. The van der Waals surface area contributed by atoms with Crippen LogP contribution in [-0.4, -0.2) is 17.4 Å². The minimum atomic E-state index is -4.60. The van der Waals surface area contributed by atoms with E-state index in [1.54, 1.807) is 0 Å². The number of nitrogens with one attached hydrogen (secondary N) is 2. The Morgan fingerprint density at radius 1 is 1.04 bits per heavy atom. The van der Waals surface area contributed by atoms with Crippen LogP contribution in [0.25, 0.3) is 10.9 Å². The molecule has 0 spiro atoms. The molecule has 0 saturated carbocycles. The van der Waals surface area contributed by atoms with E-state index in [0.717, 1.165) is 23.9 Å². The number of aromatic nitrogens is 1. The van der Waals surface area contributed by atoms with Crippen molar-refractivity contribution in [1.29, 1.82) is 0 Å². The summed E-state index contributed by atoms with van der Waals surface area (Å²) < 4.78 is 39.1. The molecule has 0 aliphatic heterocycles. The monoisotopic (exact) mass is 360 g/mol. The second kappa shape index (κ2) is 7.03. The number of hydrogen-bond acceptors (Lipinski definition) is 2. The molecule has 1 heterocycles. The summed E-state index contributed by atoms with van der Waals surface area (Å²) in [5, 5.41) is 2.45. The van der Waals surface area contributed by atoms with Crippen LogP contribution in [0.3, 0.4) is 0 Å². The van der Waals surface area contributed by atoms with Crippen molar-refractivity contribution in [2.24, 2.45) is 0 Å². The van der Waals surface area contributed by atoms with E-state index >= 15 is 0 Å². The number of rotatable bonds is 4. The number of fused-ring (bicyclic) bond motifs is 1. The Hall–Kier alpha value is -3.09. The van der Waals surface area contributed by atoms with E-state index in [2.05, 4.69) is 10.3 Å². The average Bonchev–Trinajstić information content (AvgIpc) is 2.61. The molecule has 0 aliphatic rings. The number of carbonyl (C=O) groups is 1. The second-order valence-corrected chi connectivity index (χ2v) is 5.75. The normalized spacial score (nSPS) is 11.5. The largest absolute Gasteiger partial charge is 0.418 e. The summed E-state index contributed by atoms with van der Waals surface area (Å²) in [6, 6.07) is 12.8. The van der Waals surface area contributed by atoms with Gasteiger partial charge in [0, 0.05) is 18.1 Å². The zero-order valence-electron chi connectivity index (χ0n) is 13.6. The van der Waals surface area contributed by atoms with E-state index in [1.165, 1.54) is 6.07 Å². The molecule has 2 aromatic carbocycles. The number of pyridine rings is 1. The number of H-pyrrole nitrogens is 1. The van der Waals surface area contributed by atoms with Gasteiger partial charge in [-0.05, 0) is 24.1 Å². The number of alkyl halides is 3. The highest BCUT2D eigenvalue weighted by Gasteiger charge is 2.33. The summed E-state index contributed by atoms with van der Waals surface area (Å²) in [5.74, 6) is -0.624. The van der Waals surface area contributed by atoms with Gasteiger partial charge < -0.3 is 10.3 Å². The molecule has 0 saturated heterocycles. The second-order valence-electron chi connectivity index (χ2n) is 5.75. The molecule has 3 aromatic rings. The van der Waals surface area contributed by atoms with E-state index in [-0.39, 0.29) is 16.5 Å². The minimum Gasteiger partial charge on any atom is -0.360 e. The molecular weight excluding hydrogens is 345 g/mol. The maximum absolute atomic E-state index is 13.0. The van der Waals surface area contributed by atoms with Crippen LogP contribution in [0.5, 0.6) is 0 Å². The standard InChI is InChI=1S/C19H15F3N2O2/c20-19(21,22)15-8-4-7-13-16(15)24-11-14(17(13)25)18(26)23-10-9-12-5-2-1-3-6-12/h1-8,11H,9-10H2,(H,23,26)(H,24,25). The SMILES string of the molecule is O=C(NCCc1ccccc1)c1c[nH]c2c(C(F)(F)F)cccc2c1=O.